The van der Waals surface area contributed by atoms with Gasteiger partial charge in [-0.05, 0) is 18.4 Å². The van der Waals surface area contributed by atoms with Crippen molar-refractivity contribution in [2.45, 2.75) is 25.3 Å². The van der Waals surface area contributed by atoms with Crippen LogP contribution >= 0.6 is 11.6 Å². The predicted molar refractivity (Wildman–Crippen MR) is 81.0 cm³/mol. The largest absolute Gasteiger partial charge is 0.381 e. The highest BCUT2D eigenvalue weighted by molar-refractivity contribution is 6.32. The number of carbonyl (C=O) groups is 1. The van der Waals surface area contributed by atoms with Crippen molar-refractivity contribution in [2.75, 3.05) is 13.2 Å². The van der Waals surface area contributed by atoms with E-state index >= 15 is 0 Å². The van der Waals surface area contributed by atoms with Gasteiger partial charge in [-0.1, -0.05) is 41.9 Å². The summed E-state index contributed by atoms with van der Waals surface area (Å²) >= 11 is 6.34. The lowest BCUT2D eigenvalue weighted by Gasteiger charge is -2.20. The molecule has 0 spiro atoms. The summed E-state index contributed by atoms with van der Waals surface area (Å²) in [7, 11) is 0. The number of ether oxygens (including phenoxy) is 1. The zero-order chi connectivity index (χ0) is 14.7. The third-order valence-corrected chi connectivity index (χ3v) is 4.25. The zero-order valence-corrected chi connectivity index (χ0v) is 12.4. The fraction of sp³-hybridized carbons (Fsp3) is 0.375. The lowest BCUT2D eigenvalue weighted by molar-refractivity contribution is 0.0840. The first-order valence-electron chi connectivity index (χ1n) is 7.12. The van der Waals surface area contributed by atoms with Crippen molar-refractivity contribution in [1.82, 2.24) is 9.78 Å². The van der Waals surface area contributed by atoms with Crippen molar-refractivity contribution in [1.29, 1.82) is 0 Å². The number of aromatic nitrogens is 2. The van der Waals surface area contributed by atoms with Crippen molar-refractivity contribution >= 4 is 17.9 Å². The van der Waals surface area contributed by atoms with Gasteiger partial charge in [-0.25, -0.2) is 4.68 Å². The highest BCUT2D eigenvalue weighted by Gasteiger charge is 2.25. The van der Waals surface area contributed by atoms with Gasteiger partial charge in [0.2, 0.25) is 0 Å². The standard InChI is InChI=1S/C16H17ClN2O2/c17-16-14(11-20)15(13-6-8-21-9-7-13)18-19(16)10-12-4-2-1-3-5-12/h1-5,11,13H,6-10H2. The minimum atomic E-state index is 0.258. The molecule has 4 nitrogen and oxygen atoms in total. The van der Waals surface area contributed by atoms with Crippen LogP contribution in [-0.2, 0) is 11.3 Å². The first-order chi connectivity index (χ1) is 10.3. The van der Waals surface area contributed by atoms with Crippen molar-refractivity contribution in [3.8, 4) is 0 Å². The molecule has 0 unspecified atom stereocenters. The van der Waals surface area contributed by atoms with E-state index in [1.807, 2.05) is 30.3 Å². The molecule has 1 aromatic carbocycles. The maximum absolute atomic E-state index is 11.4. The van der Waals surface area contributed by atoms with Gasteiger partial charge in [-0.15, -0.1) is 0 Å². The highest BCUT2D eigenvalue weighted by atomic mass is 35.5. The number of aldehydes is 1. The van der Waals surface area contributed by atoms with E-state index < -0.39 is 0 Å². The first kappa shape index (κ1) is 14.3. The van der Waals surface area contributed by atoms with Crippen LogP contribution in [0.2, 0.25) is 5.15 Å². The SMILES string of the molecule is O=Cc1c(C2CCOCC2)nn(Cc2ccccc2)c1Cl. The molecule has 2 aromatic rings. The Morgan fingerprint density at radius 1 is 1.29 bits per heavy atom. The van der Waals surface area contributed by atoms with Gasteiger partial charge in [0.15, 0.2) is 6.29 Å². The Morgan fingerprint density at radius 2 is 2.00 bits per heavy atom. The molecule has 0 amide bonds. The Balaban J connectivity index is 1.91. The lowest BCUT2D eigenvalue weighted by Crippen LogP contribution is -2.16. The lowest BCUT2D eigenvalue weighted by atomic mass is 9.94. The summed E-state index contributed by atoms with van der Waals surface area (Å²) in [5, 5.41) is 5.02. The van der Waals surface area contributed by atoms with E-state index in [-0.39, 0.29) is 5.92 Å². The summed E-state index contributed by atoms with van der Waals surface area (Å²) in [5.41, 5.74) is 2.45. The van der Waals surface area contributed by atoms with Crippen LogP contribution in [0.1, 0.15) is 40.4 Å². The number of rotatable bonds is 4. The molecule has 110 valence electrons. The van der Waals surface area contributed by atoms with Crippen molar-refractivity contribution in [2.24, 2.45) is 0 Å². The van der Waals surface area contributed by atoms with Crippen LogP contribution in [-0.4, -0.2) is 29.3 Å². The molecule has 1 aliphatic heterocycles. The molecule has 1 aromatic heterocycles. The summed E-state index contributed by atoms with van der Waals surface area (Å²) in [6.07, 6.45) is 2.60. The van der Waals surface area contributed by atoms with Crippen LogP contribution in [0.15, 0.2) is 30.3 Å². The third kappa shape index (κ3) is 3.01. The first-order valence-corrected chi connectivity index (χ1v) is 7.50. The van der Waals surface area contributed by atoms with Crippen molar-refractivity contribution < 1.29 is 9.53 Å². The Hall–Kier alpha value is -1.65. The molecule has 1 aliphatic rings. The average Bonchev–Trinajstić information content (AvgIpc) is 2.85. The van der Waals surface area contributed by atoms with Crippen LogP contribution in [0.4, 0.5) is 0 Å². The summed E-state index contributed by atoms with van der Waals surface area (Å²) in [6.45, 7) is 2.00. The van der Waals surface area contributed by atoms with E-state index in [1.54, 1.807) is 4.68 Å². The van der Waals surface area contributed by atoms with E-state index in [9.17, 15) is 4.79 Å². The zero-order valence-electron chi connectivity index (χ0n) is 11.7. The minimum absolute atomic E-state index is 0.258. The molecule has 3 rings (SSSR count). The molecule has 0 N–H and O–H groups in total. The summed E-state index contributed by atoms with van der Waals surface area (Å²) in [6, 6.07) is 9.97. The topological polar surface area (TPSA) is 44.1 Å². The molecule has 0 bridgehead atoms. The normalized spacial score (nSPS) is 16.0. The second kappa shape index (κ2) is 6.41. The van der Waals surface area contributed by atoms with E-state index in [0.717, 1.165) is 30.4 Å². The number of nitrogens with zero attached hydrogens (tertiary/aromatic N) is 2. The quantitative estimate of drug-likeness (QED) is 0.814. The van der Waals surface area contributed by atoms with E-state index in [0.29, 0.717) is 30.5 Å². The fourth-order valence-corrected chi connectivity index (χ4v) is 2.95. The molecule has 0 atom stereocenters. The molecule has 21 heavy (non-hydrogen) atoms. The molecule has 5 heteroatoms. The van der Waals surface area contributed by atoms with Gasteiger partial charge >= 0.3 is 0 Å². The van der Waals surface area contributed by atoms with Gasteiger partial charge in [0.1, 0.15) is 5.15 Å². The number of hydrogen-bond acceptors (Lipinski definition) is 3. The number of hydrogen-bond donors (Lipinski definition) is 0. The van der Waals surface area contributed by atoms with Gasteiger partial charge < -0.3 is 4.74 Å². The predicted octanol–water partition coefficient (Wildman–Crippen LogP) is 3.29. The smallest absolute Gasteiger partial charge is 0.155 e. The van der Waals surface area contributed by atoms with E-state index in [2.05, 4.69) is 5.10 Å². The monoisotopic (exact) mass is 304 g/mol. The number of halogens is 1. The molecular weight excluding hydrogens is 288 g/mol. The van der Waals surface area contributed by atoms with Crippen LogP contribution in [0.3, 0.4) is 0 Å². The van der Waals surface area contributed by atoms with Gasteiger partial charge in [0.25, 0.3) is 0 Å². The minimum Gasteiger partial charge on any atom is -0.381 e. The molecule has 2 heterocycles. The average molecular weight is 305 g/mol. The summed E-state index contributed by atoms with van der Waals surface area (Å²) in [5.74, 6) is 0.258. The van der Waals surface area contributed by atoms with Crippen LogP contribution in [0.25, 0.3) is 0 Å². The number of carbonyl (C=O) groups excluding carboxylic acids is 1. The van der Waals surface area contributed by atoms with Crippen LogP contribution in [0.5, 0.6) is 0 Å². The van der Waals surface area contributed by atoms with E-state index in [4.69, 9.17) is 16.3 Å². The van der Waals surface area contributed by atoms with Crippen molar-refractivity contribution in [3.05, 3.63) is 52.3 Å². The Bertz CT molecular complexity index is 619. The van der Waals surface area contributed by atoms with Crippen LogP contribution in [0, 0.1) is 0 Å². The fourth-order valence-electron chi connectivity index (χ4n) is 2.72. The van der Waals surface area contributed by atoms with Gasteiger partial charge in [-0.3, -0.25) is 4.79 Å². The molecular formula is C16H17ClN2O2. The summed E-state index contributed by atoms with van der Waals surface area (Å²) < 4.78 is 7.09. The second-order valence-corrected chi connectivity index (χ2v) is 5.60. The Kier molecular flexibility index (Phi) is 4.36. The third-order valence-electron chi connectivity index (χ3n) is 3.85. The molecule has 0 radical (unpaired) electrons. The van der Waals surface area contributed by atoms with Crippen LogP contribution < -0.4 is 0 Å². The maximum atomic E-state index is 11.4. The Labute approximate surface area is 128 Å². The van der Waals surface area contributed by atoms with Gasteiger partial charge in [0, 0.05) is 19.1 Å². The molecule has 0 aliphatic carbocycles. The van der Waals surface area contributed by atoms with Crippen molar-refractivity contribution in [3.63, 3.8) is 0 Å². The maximum Gasteiger partial charge on any atom is 0.155 e. The number of benzene rings is 1. The Morgan fingerprint density at radius 3 is 2.67 bits per heavy atom. The highest BCUT2D eigenvalue weighted by Crippen LogP contribution is 2.31. The molecule has 0 saturated carbocycles. The second-order valence-electron chi connectivity index (χ2n) is 5.24. The summed E-state index contributed by atoms with van der Waals surface area (Å²) in [4.78, 5) is 11.4. The molecule has 1 fully saturated rings. The van der Waals surface area contributed by atoms with Gasteiger partial charge in [-0.2, -0.15) is 5.10 Å². The molecule has 1 saturated heterocycles. The van der Waals surface area contributed by atoms with Gasteiger partial charge in [0.05, 0.1) is 17.8 Å². The van der Waals surface area contributed by atoms with E-state index in [1.165, 1.54) is 0 Å².